The predicted molar refractivity (Wildman–Crippen MR) is 72.4 cm³/mol. The van der Waals surface area contributed by atoms with Gasteiger partial charge in [0, 0.05) is 28.8 Å². The van der Waals surface area contributed by atoms with Crippen LogP contribution >= 0.6 is 11.8 Å². The summed E-state index contributed by atoms with van der Waals surface area (Å²) < 4.78 is 37.6. The van der Waals surface area contributed by atoms with Crippen LogP contribution in [0.3, 0.4) is 0 Å². The van der Waals surface area contributed by atoms with Crippen LogP contribution in [-0.4, -0.2) is 17.7 Å². The Bertz CT molecular complexity index is 505. The number of halogens is 3. The molecule has 1 aromatic carbocycles. The number of carbonyl (C=O) groups is 1. The number of anilines is 1. The Morgan fingerprint density at radius 2 is 2.10 bits per heavy atom. The third-order valence-corrected chi connectivity index (χ3v) is 4.43. The lowest BCUT2D eigenvalue weighted by atomic mass is 10.2. The molecule has 1 fully saturated rings. The molecule has 1 aromatic rings. The largest absolute Gasteiger partial charge is 0.416 e. The van der Waals surface area contributed by atoms with Gasteiger partial charge in [-0.3, -0.25) is 4.79 Å². The molecule has 1 aliphatic heterocycles. The van der Waals surface area contributed by atoms with E-state index in [1.165, 1.54) is 17.8 Å². The third-order valence-electron chi connectivity index (χ3n) is 3.07. The van der Waals surface area contributed by atoms with Gasteiger partial charge in [0.05, 0.1) is 5.56 Å². The molecule has 2 rings (SSSR count). The number of hydrogen-bond donors (Lipinski definition) is 2. The average molecular weight is 304 g/mol. The molecule has 1 heterocycles. The minimum Gasteiger partial charge on any atom is -0.398 e. The van der Waals surface area contributed by atoms with Gasteiger partial charge in [-0.05, 0) is 31.0 Å². The van der Waals surface area contributed by atoms with Gasteiger partial charge in [0.15, 0.2) is 0 Å². The van der Waals surface area contributed by atoms with E-state index in [4.69, 9.17) is 5.73 Å². The predicted octanol–water partition coefficient (Wildman–Crippen LogP) is 3.05. The van der Waals surface area contributed by atoms with Crippen LogP contribution in [0.15, 0.2) is 23.1 Å². The van der Waals surface area contributed by atoms with E-state index in [-0.39, 0.29) is 16.8 Å². The maximum Gasteiger partial charge on any atom is 0.416 e. The maximum atomic E-state index is 12.5. The van der Waals surface area contributed by atoms with Crippen LogP contribution in [0, 0.1) is 0 Å². The highest BCUT2D eigenvalue weighted by atomic mass is 32.2. The summed E-state index contributed by atoms with van der Waals surface area (Å²) in [6.45, 7) is 0.651. The van der Waals surface area contributed by atoms with Crippen LogP contribution in [0.4, 0.5) is 18.9 Å². The number of benzene rings is 1. The van der Waals surface area contributed by atoms with Gasteiger partial charge < -0.3 is 11.1 Å². The normalized spacial score (nSPS) is 20.4. The van der Waals surface area contributed by atoms with Gasteiger partial charge in [-0.15, -0.1) is 11.8 Å². The van der Waals surface area contributed by atoms with Crippen molar-refractivity contribution in [2.24, 2.45) is 0 Å². The van der Waals surface area contributed by atoms with Crippen molar-refractivity contribution in [2.45, 2.75) is 35.6 Å². The number of amides is 1. The second kappa shape index (κ2) is 5.95. The highest BCUT2D eigenvalue weighted by Gasteiger charge is 2.31. The van der Waals surface area contributed by atoms with Gasteiger partial charge in [0.2, 0.25) is 5.91 Å². The number of thioether (sulfide) groups is 1. The minimum absolute atomic E-state index is 0.0227. The Hall–Kier alpha value is -1.37. The summed E-state index contributed by atoms with van der Waals surface area (Å²) in [7, 11) is 0. The Kier molecular flexibility index (Phi) is 4.47. The van der Waals surface area contributed by atoms with Crippen molar-refractivity contribution in [3.8, 4) is 0 Å². The Labute approximate surface area is 119 Å². The summed E-state index contributed by atoms with van der Waals surface area (Å²) in [5.41, 5.74) is 5.04. The molecule has 1 amide bonds. The summed E-state index contributed by atoms with van der Waals surface area (Å²) >= 11 is 1.37. The van der Waals surface area contributed by atoms with E-state index >= 15 is 0 Å². The van der Waals surface area contributed by atoms with Gasteiger partial charge in [-0.25, -0.2) is 0 Å². The number of rotatable bonds is 2. The number of carbonyl (C=O) groups excluding carboxylic acids is 1. The van der Waals surface area contributed by atoms with Gasteiger partial charge in [-0.2, -0.15) is 13.2 Å². The maximum absolute atomic E-state index is 12.5. The lowest BCUT2D eigenvalue weighted by molar-refractivity contribution is -0.137. The molecule has 3 N–H and O–H groups in total. The zero-order valence-corrected chi connectivity index (χ0v) is 11.5. The van der Waals surface area contributed by atoms with E-state index in [2.05, 4.69) is 5.32 Å². The van der Waals surface area contributed by atoms with Crippen LogP contribution in [0.25, 0.3) is 0 Å². The van der Waals surface area contributed by atoms with E-state index in [0.717, 1.165) is 25.0 Å². The molecule has 1 saturated heterocycles. The van der Waals surface area contributed by atoms with Gasteiger partial charge in [0.25, 0.3) is 0 Å². The van der Waals surface area contributed by atoms with Gasteiger partial charge in [-0.1, -0.05) is 0 Å². The highest BCUT2D eigenvalue weighted by molar-refractivity contribution is 8.00. The van der Waals surface area contributed by atoms with E-state index in [1.807, 2.05) is 0 Å². The van der Waals surface area contributed by atoms with Crippen LogP contribution in [0.5, 0.6) is 0 Å². The fourth-order valence-corrected chi connectivity index (χ4v) is 3.27. The number of nitrogens with two attached hydrogens (primary N) is 1. The van der Waals surface area contributed by atoms with Crippen LogP contribution in [-0.2, 0) is 11.0 Å². The van der Waals surface area contributed by atoms with E-state index in [1.54, 1.807) is 0 Å². The fraction of sp³-hybridized carbons (Fsp3) is 0.462. The van der Waals surface area contributed by atoms with Crippen LogP contribution in [0.2, 0.25) is 0 Å². The fourth-order valence-electron chi connectivity index (χ4n) is 2.05. The number of nitrogens with one attached hydrogen (secondary N) is 1. The molecule has 0 saturated carbocycles. The Morgan fingerprint density at radius 1 is 1.35 bits per heavy atom. The highest BCUT2D eigenvalue weighted by Crippen LogP contribution is 2.37. The molecule has 1 unspecified atom stereocenters. The van der Waals surface area contributed by atoms with E-state index < -0.39 is 11.7 Å². The second-order valence-electron chi connectivity index (χ2n) is 4.69. The number of hydrogen-bond acceptors (Lipinski definition) is 3. The minimum atomic E-state index is -4.39. The molecule has 0 radical (unpaired) electrons. The quantitative estimate of drug-likeness (QED) is 0.826. The lowest BCUT2D eigenvalue weighted by Gasteiger charge is -2.15. The van der Waals surface area contributed by atoms with Crippen molar-refractivity contribution in [3.05, 3.63) is 23.8 Å². The monoisotopic (exact) mass is 304 g/mol. The molecule has 3 nitrogen and oxygen atoms in total. The van der Waals surface area contributed by atoms with E-state index in [9.17, 15) is 18.0 Å². The molecule has 0 bridgehead atoms. The summed E-state index contributed by atoms with van der Waals surface area (Å²) in [5.74, 6) is -0.0227. The standard InChI is InChI=1S/C13H15F3N2OS/c14-13(15,16)8-3-4-11(10(17)6-8)20-9-2-1-5-18-12(19)7-9/h3-4,6,9H,1-2,5,7,17H2,(H,18,19). The van der Waals surface area contributed by atoms with Crippen LogP contribution in [0.1, 0.15) is 24.8 Å². The lowest BCUT2D eigenvalue weighted by Crippen LogP contribution is -2.22. The molecule has 1 aliphatic rings. The molecular formula is C13H15F3N2OS. The Morgan fingerprint density at radius 3 is 2.75 bits per heavy atom. The third kappa shape index (κ3) is 3.82. The molecule has 7 heteroatoms. The second-order valence-corrected chi connectivity index (χ2v) is 6.03. The summed E-state index contributed by atoms with van der Waals surface area (Å²) in [6.07, 6.45) is -2.32. The number of nitrogen functional groups attached to an aromatic ring is 1. The number of alkyl halides is 3. The van der Waals surface area contributed by atoms with Gasteiger partial charge >= 0.3 is 6.18 Å². The average Bonchev–Trinajstić information content (AvgIpc) is 2.55. The first kappa shape index (κ1) is 15.0. The zero-order valence-electron chi connectivity index (χ0n) is 10.7. The summed E-state index contributed by atoms with van der Waals surface area (Å²) in [5, 5.41) is 2.82. The van der Waals surface area contributed by atoms with Crippen molar-refractivity contribution in [1.29, 1.82) is 0 Å². The van der Waals surface area contributed by atoms with Crippen molar-refractivity contribution in [3.63, 3.8) is 0 Å². The van der Waals surface area contributed by atoms with Crippen LogP contribution < -0.4 is 11.1 Å². The zero-order chi connectivity index (χ0) is 14.8. The molecule has 0 aromatic heterocycles. The van der Waals surface area contributed by atoms with Gasteiger partial charge in [0.1, 0.15) is 0 Å². The summed E-state index contributed by atoms with van der Waals surface area (Å²) in [6, 6.07) is 3.35. The van der Waals surface area contributed by atoms with Crippen molar-refractivity contribution < 1.29 is 18.0 Å². The molecule has 20 heavy (non-hydrogen) atoms. The topological polar surface area (TPSA) is 55.1 Å². The first-order chi connectivity index (χ1) is 9.36. The Balaban J connectivity index is 2.11. The molecular weight excluding hydrogens is 289 g/mol. The molecule has 0 aliphatic carbocycles. The molecule has 1 atom stereocenters. The summed E-state index contributed by atoms with van der Waals surface area (Å²) in [4.78, 5) is 12.0. The van der Waals surface area contributed by atoms with Crippen molar-refractivity contribution in [1.82, 2.24) is 5.32 Å². The molecule has 110 valence electrons. The first-order valence-electron chi connectivity index (χ1n) is 6.26. The molecule has 0 spiro atoms. The van der Waals surface area contributed by atoms with Crippen molar-refractivity contribution in [2.75, 3.05) is 12.3 Å². The SMILES string of the molecule is Nc1cc(C(F)(F)F)ccc1SC1CCCNC(=O)C1. The smallest absolute Gasteiger partial charge is 0.398 e. The van der Waals surface area contributed by atoms with Crippen molar-refractivity contribution >= 4 is 23.4 Å². The van der Waals surface area contributed by atoms with E-state index in [0.29, 0.717) is 17.9 Å². The first-order valence-corrected chi connectivity index (χ1v) is 7.14.